The van der Waals surface area contributed by atoms with Crippen molar-refractivity contribution in [3.63, 3.8) is 0 Å². The maximum absolute atomic E-state index is 11.9. The number of hydrogen-bond acceptors (Lipinski definition) is 2. The van der Waals surface area contributed by atoms with Gasteiger partial charge >= 0.3 is 0 Å². The summed E-state index contributed by atoms with van der Waals surface area (Å²) in [6.45, 7) is 0. The lowest BCUT2D eigenvalue weighted by atomic mass is 10.1. The van der Waals surface area contributed by atoms with Crippen molar-refractivity contribution in [2.24, 2.45) is 0 Å². The summed E-state index contributed by atoms with van der Waals surface area (Å²) in [5.74, 6) is 0. The summed E-state index contributed by atoms with van der Waals surface area (Å²) in [4.78, 5) is 9.74. The molecule has 0 bridgehead atoms. The zero-order valence-electron chi connectivity index (χ0n) is 9.15. The molecule has 2 N–H and O–H groups in total. The van der Waals surface area contributed by atoms with Crippen molar-refractivity contribution in [3.8, 4) is 11.1 Å². The van der Waals surface area contributed by atoms with Crippen LogP contribution in [0.3, 0.4) is 0 Å². The fourth-order valence-electron chi connectivity index (χ4n) is 1.72. The number of benzene rings is 2. The monoisotopic (exact) mass is 248 g/mol. The second-order valence-corrected chi connectivity index (χ2v) is 5.89. The largest absolute Gasteiger partial charge is 0.386 e. The predicted molar refractivity (Wildman–Crippen MR) is 68.4 cm³/mol. The van der Waals surface area contributed by atoms with E-state index in [1.165, 1.54) is 0 Å². The molecule has 17 heavy (non-hydrogen) atoms. The van der Waals surface area contributed by atoms with Gasteiger partial charge in [-0.2, -0.15) is 0 Å². The molecule has 0 aromatic heterocycles. The van der Waals surface area contributed by atoms with E-state index in [4.69, 9.17) is 5.11 Å². The van der Waals surface area contributed by atoms with E-state index < -0.39 is 13.7 Å². The highest BCUT2D eigenvalue weighted by Gasteiger charge is 2.23. The van der Waals surface area contributed by atoms with Gasteiger partial charge in [0, 0.05) is 5.30 Å². The molecule has 2 aromatic rings. The molecule has 0 amide bonds. The zero-order valence-corrected chi connectivity index (χ0v) is 10.0. The van der Waals surface area contributed by atoms with Crippen LogP contribution in [0, 0.1) is 0 Å². The Morgan fingerprint density at radius 1 is 0.941 bits per heavy atom. The van der Waals surface area contributed by atoms with Gasteiger partial charge in [-0.25, -0.2) is 0 Å². The van der Waals surface area contributed by atoms with Crippen molar-refractivity contribution in [2.75, 3.05) is 6.35 Å². The molecule has 88 valence electrons. The molecule has 3 nitrogen and oxygen atoms in total. The molecule has 0 saturated heterocycles. The summed E-state index contributed by atoms with van der Waals surface area (Å²) >= 11 is 0. The number of aliphatic hydroxyl groups excluding tert-OH is 1. The predicted octanol–water partition coefficient (Wildman–Crippen LogP) is 2.20. The van der Waals surface area contributed by atoms with Gasteiger partial charge in [0.05, 0.1) is 0 Å². The van der Waals surface area contributed by atoms with Crippen LogP contribution >= 0.6 is 7.37 Å². The Labute approximate surface area is 99.8 Å². The third-order valence-electron chi connectivity index (χ3n) is 2.56. The van der Waals surface area contributed by atoms with E-state index in [1.54, 1.807) is 18.2 Å². The first-order chi connectivity index (χ1) is 8.15. The highest BCUT2D eigenvalue weighted by Crippen LogP contribution is 2.41. The van der Waals surface area contributed by atoms with Gasteiger partial charge in [0.25, 0.3) is 7.37 Å². The lowest BCUT2D eigenvalue weighted by molar-refractivity contribution is 0.337. The van der Waals surface area contributed by atoms with Crippen molar-refractivity contribution in [1.82, 2.24) is 0 Å². The van der Waals surface area contributed by atoms with E-state index in [0.29, 0.717) is 10.9 Å². The number of hydrogen-bond donors (Lipinski definition) is 2. The standard InChI is InChI=1S/C13H13O3P/c14-10-17(15,16)13-9-5-4-8-12(13)11-6-2-1-3-7-11/h1-9,14H,10H2,(H,15,16). The summed E-state index contributed by atoms with van der Waals surface area (Å²) < 4.78 is 11.9. The maximum Gasteiger partial charge on any atom is 0.254 e. The Morgan fingerprint density at radius 2 is 1.53 bits per heavy atom. The van der Waals surface area contributed by atoms with Crippen molar-refractivity contribution in [3.05, 3.63) is 54.6 Å². The minimum absolute atomic E-state index is 0.300. The SMILES string of the molecule is O=P(O)(CO)c1ccccc1-c1ccccc1. The second-order valence-electron chi connectivity index (χ2n) is 3.73. The molecule has 0 aliphatic rings. The van der Waals surface area contributed by atoms with Crippen molar-refractivity contribution in [1.29, 1.82) is 0 Å². The third kappa shape index (κ3) is 2.47. The lowest BCUT2D eigenvalue weighted by Gasteiger charge is -2.13. The molecule has 0 spiro atoms. The minimum Gasteiger partial charge on any atom is -0.386 e. The normalized spacial score (nSPS) is 14.2. The van der Waals surface area contributed by atoms with E-state index in [9.17, 15) is 9.46 Å². The van der Waals surface area contributed by atoms with Gasteiger partial charge in [0.2, 0.25) is 0 Å². The second kappa shape index (κ2) is 4.84. The average molecular weight is 248 g/mol. The smallest absolute Gasteiger partial charge is 0.254 e. The van der Waals surface area contributed by atoms with E-state index in [2.05, 4.69) is 0 Å². The van der Waals surface area contributed by atoms with Gasteiger partial charge < -0.3 is 10.00 Å². The van der Waals surface area contributed by atoms with Crippen LogP contribution in [0.25, 0.3) is 11.1 Å². The molecule has 0 aliphatic carbocycles. The molecule has 0 saturated carbocycles. The Morgan fingerprint density at radius 3 is 2.18 bits per heavy atom. The van der Waals surface area contributed by atoms with Crippen LogP contribution in [0.15, 0.2) is 54.6 Å². The molecule has 1 atom stereocenters. The van der Waals surface area contributed by atoms with E-state index in [0.717, 1.165) is 5.56 Å². The number of rotatable bonds is 3. The molecule has 0 aliphatic heterocycles. The summed E-state index contributed by atoms with van der Waals surface area (Å²) in [5, 5.41) is 9.31. The van der Waals surface area contributed by atoms with Crippen LogP contribution in [0.1, 0.15) is 0 Å². The molecule has 4 heteroatoms. The summed E-state index contributed by atoms with van der Waals surface area (Å²) in [6, 6.07) is 16.2. The molecular formula is C13H13O3P. The topological polar surface area (TPSA) is 57.5 Å². The first-order valence-electron chi connectivity index (χ1n) is 5.23. The number of aliphatic hydroxyl groups is 1. The molecule has 2 aromatic carbocycles. The van der Waals surface area contributed by atoms with Gasteiger partial charge in [0.15, 0.2) is 0 Å². The van der Waals surface area contributed by atoms with Crippen molar-refractivity contribution >= 4 is 12.7 Å². The van der Waals surface area contributed by atoms with Gasteiger partial charge in [-0.3, -0.25) is 4.57 Å². The summed E-state index contributed by atoms with van der Waals surface area (Å²) in [6.07, 6.45) is -0.739. The van der Waals surface area contributed by atoms with Crippen LogP contribution in [0.5, 0.6) is 0 Å². The molecule has 0 fully saturated rings. The zero-order chi connectivity index (χ0) is 12.3. The van der Waals surface area contributed by atoms with Crippen LogP contribution in [0.2, 0.25) is 0 Å². The Hall–Kier alpha value is -1.41. The Bertz CT molecular complexity index is 552. The van der Waals surface area contributed by atoms with E-state index in [1.807, 2.05) is 36.4 Å². The average Bonchev–Trinajstić information content (AvgIpc) is 2.40. The van der Waals surface area contributed by atoms with Gasteiger partial charge in [-0.1, -0.05) is 48.5 Å². The molecular weight excluding hydrogens is 235 g/mol. The van der Waals surface area contributed by atoms with Crippen molar-refractivity contribution in [2.45, 2.75) is 0 Å². The Kier molecular flexibility index (Phi) is 3.43. The highest BCUT2D eigenvalue weighted by atomic mass is 31.2. The lowest BCUT2D eigenvalue weighted by Crippen LogP contribution is -2.10. The fourth-order valence-corrected chi connectivity index (χ4v) is 2.77. The van der Waals surface area contributed by atoms with E-state index >= 15 is 0 Å². The summed E-state index contributed by atoms with van der Waals surface area (Å²) in [5.41, 5.74) is 1.55. The van der Waals surface area contributed by atoms with Crippen LogP contribution in [0.4, 0.5) is 0 Å². The first kappa shape index (κ1) is 12.1. The fraction of sp³-hybridized carbons (Fsp3) is 0.0769. The van der Waals surface area contributed by atoms with Gasteiger partial charge in [-0.05, 0) is 17.2 Å². The third-order valence-corrected chi connectivity index (χ3v) is 4.08. The quantitative estimate of drug-likeness (QED) is 0.819. The molecule has 1 unspecified atom stereocenters. The Balaban J connectivity index is 2.60. The van der Waals surface area contributed by atoms with Crippen LogP contribution in [-0.2, 0) is 4.57 Å². The van der Waals surface area contributed by atoms with Crippen LogP contribution < -0.4 is 5.30 Å². The molecule has 0 heterocycles. The molecule has 2 rings (SSSR count). The first-order valence-corrected chi connectivity index (χ1v) is 7.07. The van der Waals surface area contributed by atoms with E-state index in [-0.39, 0.29) is 0 Å². The summed E-state index contributed by atoms with van der Waals surface area (Å²) in [7, 11) is -3.67. The van der Waals surface area contributed by atoms with Gasteiger partial charge in [0.1, 0.15) is 6.35 Å². The highest BCUT2D eigenvalue weighted by molar-refractivity contribution is 7.66. The molecule has 0 radical (unpaired) electrons. The maximum atomic E-state index is 11.9. The minimum atomic E-state index is -3.67. The van der Waals surface area contributed by atoms with Gasteiger partial charge in [-0.15, -0.1) is 0 Å². The van der Waals surface area contributed by atoms with Crippen molar-refractivity contribution < 1.29 is 14.6 Å². The van der Waals surface area contributed by atoms with Crippen LogP contribution in [-0.4, -0.2) is 16.3 Å².